The Morgan fingerprint density at radius 3 is 1.58 bits per heavy atom. The van der Waals surface area contributed by atoms with E-state index in [1.54, 1.807) is 6.92 Å². The molecule has 0 spiro atoms. The Balaban J connectivity index is 1.52. The maximum Gasteiger partial charge on any atom is 0.339 e. The summed E-state index contributed by atoms with van der Waals surface area (Å²) in [5.74, 6) is 1.14. The monoisotopic (exact) mass is 628 g/mol. The van der Waals surface area contributed by atoms with Crippen molar-refractivity contribution in [1.82, 2.24) is 0 Å². The smallest absolute Gasteiger partial charge is 0.339 e. The summed E-state index contributed by atoms with van der Waals surface area (Å²) in [4.78, 5) is 0.278. The molecule has 1 N–H and O–H groups in total. The molecule has 0 radical (unpaired) electrons. The number of aryl methyl sites for hydroxylation is 1. The van der Waals surface area contributed by atoms with E-state index in [1.807, 2.05) is 0 Å². The van der Waals surface area contributed by atoms with Gasteiger partial charge >= 0.3 is 10.1 Å². The van der Waals surface area contributed by atoms with Crippen LogP contribution in [0.2, 0.25) is 0 Å². The van der Waals surface area contributed by atoms with E-state index in [9.17, 15) is 21.4 Å². The summed E-state index contributed by atoms with van der Waals surface area (Å²) in [5.41, 5.74) is 4.78. The number of hydrogen-bond donors (Lipinski definition) is 1. The zero-order valence-electron chi connectivity index (χ0n) is 25.7. The van der Waals surface area contributed by atoms with Gasteiger partial charge in [0.15, 0.2) is 0 Å². The summed E-state index contributed by atoms with van der Waals surface area (Å²) in [5, 5.41) is 0. The molecule has 43 heavy (non-hydrogen) atoms. The van der Waals surface area contributed by atoms with Crippen molar-refractivity contribution in [2.45, 2.75) is 156 Å². The standard InChI is InChI=1S/C35H48O6S2/c1-24-21-33(42(36,37)38)29-19-11-12-20-30(29)34(24)41-43(39,40)35-31(26-15-7-3-8-16-26)22-28(25-13-5-2-6-14-25)23-32(35)27-17-9-4-10-18-27/h21-23,25-27H,2-20H2,1H3,(H,36,37,38). The van der Waals surface area contributed by atoms with Crippen LogP contribution in [0.5, 0.6) is 5.75 Å². The van der Waals surface area contributed by atoms with Gasteiger partial charge in [-0.05, 0) is 123 Å². The first-order valence-electron chi connectivity index (χ1n) is 16.9. The molecule has 0 amide bonds. The van der Waals surface area contributed by atoms with Crippen LogP contribution in [-0.4, -0.2) is 21.4 Å². The molecule has 4 aliphatic carbocycles. The maximum absolute atomic E-state index is 14.7. The van der Waals surface area contributed by atoms with Crippen molar-refractivity contribution in [2.24, 2.45) is 0 Å². The molecular weight excluding hydrogens is 581 g/mol. The molecule has 6 nitrogen and oxygen atoms in total. The predicted octanol–water partition coefficient (Wildman–Crippen LogP) is 9.03. The summed E-state index contributed by atoms with van der Waals surface area (Å²) < 4.78 is 70.2. The highest BCUT2D eigenvalue weighted by Crippen LogP contribution is 2.47. The third-order valence-electron chi connectivity index (χ3n) is 10.8. The van der Waals surface area contributed by atoms with E-state index in [1.165, 1.54) is 56.6 Å². The minimum absolute atomic E-state index is 0.118. The Kier molecular flexibility index (Phi) is 9.29. The lowest BCUT2D eigenvalue weighted by Gasteiger charge is -2.32. The number of rotatable bonds is 7. The van der Waals surface area contributed by atoms with Crippen molar-refractivity contribution in [3.63, 3.8) is 0 Å². The Morgan fingerprint density at radius 2 is 1.09 bits per heavy atom. The molecule has 0 bridgehead atoms. The molecule has 0 saturated heterocycles. The van der Waals surface area contributed by atoms with Crippen LogP contribution in [0.1, 0.15) is 160 Å². The van der Waals surface area contributed by atoms with Gasteiger partial charge in [-0.2, -0.15) is 16.8 Å². The second-order valence-corrected chi connectivity index (χ2v) is 16.6. The highest BCUT2D eigenvalue weighted by atomic mass is 32.2. The first-order valence-corrected chi connectivity index (χ1v) is 19.7. The molecule has 3 fully saturated rings. The molecular formula is C35H48O6S2. The molecule has 2 aromatic rings. The quantitative estimate of drug-likeness (QED) is 0.243. The summed E-state index contributed by atoms with van der Waals surface area (Å²) in [6, 6.07) is 5.89. The van der Waals surface area contributed by atoms with Crippen LogP contribution >= 0.6 is 0 Å². The summed E-state index contributed by atoms with van der Waals surface area (Å²) >= 11 is 0. The maximum atomic E-state index is 14.7. The molecule has 236 valence electrons. The van der Waals surface area contributed by atoms with Gasteiger partial charge in [0.1, 0.15) is 10.6 Å². The molecule has 0 aromatic heterocycles. The van der Waals surface area contributed by atoms with Crippen LogP contribution in [-0.2, 0) is 33.1 Å². The zero-order valence-corrected chi connectivity index (χ0v) is 27.3. The van der Waals surface area contributed by atoms with Gasteiger partial charge in [-0.15, -0.1) is 0 Å². The van der Waals surface area contributed by atoms with Crippen LogP contribution in [0.25, 0.3) is 0 Å². The van der Waals surface area contributed by atoms with Gasteiger partial charge in [0, 0.05) is 5.56 Å². The van der Waals surface area contributed by atoms with E-state index in [2.05, 4.69) is 12.1 Å². The van der Waals surface area contributed by atoms with Gasteiger partial charge in [0.05, 0.1) is 4.90 Å². The average Bonchev–Trinajstić information content (AvgIpc) is 3.02. The van der Waals surface area contributed by atoms with Crippen LogP contribution < -0.4 is 4.18 Å². The normalized spacial score (nSPS) is 21.4. The lowest BCUT2D eigenvalue weighted by Crippen LogP contribution is -2.22. The highest BCUT2D eigenvalue weighted by molar-refractivity contribution is 7.87. The minimum atomic E-state index is -4.44. The number of fused-ring (bicyclic) bond motifs is 1. The zero-order chi connectivity index (χ0) is 30.2. The molecule has 4 aliphatic rings. The lowest BCUT2D eigenvalue weighted by molar-refractivity contribution is 0.413. The Labute approximate surface area is 258 Å². The fourth-order valence-electron chi connectivity index (χ4n) is 8.61. The summed E-state index contributed by atoms with van der Waals surface area (Å²) in [6.07, 6.45) is 19.5. The van der Waals surface area contributed by atoms with Crippen LogP contribution in [0.4, 0.5) is 0 Å². The second kappa shape index (κ2) is 12.8. The van der Waals surface area contributed by atoms with E-state index < -0.39 is 20.2 Å². The summed E-state index contributed by atoms with van der Waals surface area (Å²) in [7, 11) is -8.68. The molecule has 6 rings (SSSR count). The number of hydrogen-bond acceptors (Lipinski definition) is 5. The summed E-state index contributed by atoms with van der Waals surface area (Å²) in [6.45, 7) is 1.69. The predicted molar refractivity (Wildman–Crippen MR) is 169 cm³/mol. The second-order valence-electron chi connectivity index (χ2n) is 13.7. The van der Waals surface area contributed by atoms with E-state index in [0.29, 0.717) is 40.3 Å². The van der Waals surface area contributed by atoms with Crippen LogP contribution in [0.15, 0.2) is 28.0 Å². The highest BCUT2D eigenvalue weighted by Gasteiger charge is 2.36. The largest absolute Gasteiger partial charge is 0.378 e. The first-order chi connectivity index (χ1) is 20.6. The topological polar surface area (TPSA) is 97.7 Å². The molecule has 2 aromatic carbocycles. The van der Waals surface area contributed by atoms with Gasteiger partial charge < -0.3 is 4.18 Å². The van der Waals surface area contributed by atoms with Crippen molar-refractivity contribution in [3.05, 3.63) is 51.6 Å². The lowest BCUT2D eigenvalue weighted by atomic mass is 9.76. The molecule has 0 aliphatic heterocycles. The van der Waals surface area contributed by atoms with Gasteiger partial charge in [0.25, 0.3) is 10.1 Å². The number of benzene rings is 2. The van der Waals surface area contributed by atoms with Crippen molar-refractivity contribution in [3.8, 4) is 5.75 Å². The first kappa shape index (κ1) is 31.1. The van der Waals surface area contributed by atoms with Gasteiger partial charge in [-0.3, -0.25) is 4.55 Å². The fraction of sp³-hybridized carbons (Fsp3) is 0.657. The fourth-order valence-corrected chi connectivity index (χ4v) is 11.0. The van der Waals surface area contributed by atoms with Crippen molar-refractivity contribution in [2.75, 3.05) is 0 Å². The average molecular weight is 629 g/mol. The van der Waals surface area contributed by atoms with Crippen LogP contribution in [0.3, 0.4) is 0 Å². The van der Waals surface area contributed by atoms with E-state index in [4.69, 9.17) is 4.18 Å². The molecule has 0 unspecified atom stereocenters. The molecule has 0 atom stereocenters. The Morgan fingerprint density at radius 1 is 0.628 bits per heavy atom. The van der Waals surface area contributed by atoms with E-state index in [-0.39, 0.29) is 22.5 Å². The Bertz CT molecular complexity index is 1500. The van der Waals surface area contributed by atoms with E-state index in [0.717, 1.165) is 75.3 Å². The third kappa shape index (κ3) is 6.57. The van der Waals surface area contributed by atoms with Crippen molar-refractivity contribution < 1.29 is 25.6 Å². The van der Waals surface area contributed by atoms with Crippen LogP contribution in [0, 0.1) is 6.92 Å². The van der Waals surface area contributed by atoms with Crippen molar-refractivity contribution >= 4 is 20.2 Å². The van der Waals surface area contributed by atoms with Crippen molar-refractivity contribution in [1.29, 1.82) is 0 Å². The minimum Gasteiger partial charge on any atom is -0.378 e. The van der Waals surface area contributed by atoms with Gasteiger partial charge in [-0.25, -0.2) is 0 Å². The Hall–Kier alpha value is -1.90. The van der Waals surface area contributed by atoms with Gasteiger partial charge in [-0.1, -0.05) is 69.9 Å². The molecule has 8 heteroatoms. The van der Waals surface area contributed by atoms with Gasteiger partial charge in [0.2, 0.25) is 0 Å². The SMILES string of the molecule is Cc1cc(S(=O)(=O)O)c2c(c1OS(=O)(=O)c1c(C3CCCCC3)cc(C3CCCCC3)cc1C1CCCCC1)CCCC2. The molecule has 3 saturated carbocycles. The van der Waals surface area contributed by atoms with E-state index >= 15 is 0 Å². The third-order valence-corrected chi connectivity index (χ3v) is 13.1. The molecule has 0 heterocycles.